The van der Waals surface area contributed by atoms with E-state index in [0.717, 1.165) is 43.8 Å². The van der Waals surface area contributed by atoms with Crippen LogP contribution in [0.5, 0.6) is 0 Å². The van der Waals surface area contributed by atoms with E-state index in [-0.39, 0.29) is 5.41 Å². The summed E-state index contributed by atoms with van der Waals surface area (Å²) in [6, 6.07) is 0. The predicted octanol–water partition coefficient (Wildman–Crippen LogP) is 4.90. The van der Waals surface area contributed by atoms with Crippen molar-refractivity contribution in [1.29, 1.82) is 0 Å². The van der Waals surface area contributed by atoms with Gasteiger partial charge in [-0.2, -0.15) is 0 Å². The molecule has 5 aliphatic rings. The standard InChI is InChI=1S/C23H34O3/c1-15(24)18-6-7-19-17-5-4-16-14-23(25-12-13-26-23)11-10-21(16,2)20(17)8-9-22(18,19)3/h14,17-20H,4-13H2,1-3H3/t17-,18+,19-,20-,21-,22+/m0/s1. The molecule has 6 atom stereocenters. The number of hydrogen-bond donors (Lipinski definition) is 0. The number of Topliss-reactive ketones (excluding diaryl/α,β-unsaturated/α-hetero) is 1. The van der Waals surface area contributed by atoms with Gasteiger partial charge in [0, 0.05) is 12.3 Å². The van der Waals surface area contributed by atoms with E-state index < -0.39 is 5.79 Å². The zero-order chi connectivity index (χ0) is 18.2. The van der Waals surface area contributed by atoms with Gasteiger partial charge in [0.1, 0.15) is 5.78 Å². The Morgan fingerprint density at radius 2 is 1.77 bits per heavy atom. The molecule has 26 heavy (non-hydrogen) atoms. The van der Waals surface area contributed by atoms with E-state index in [0.29, 0.717) is 17.1 Å². The summed E-state index contributed by atoms with van der Waals surface area (Å²) in [6.45, 7) is 8.27. The van der Waals surface area contributed by atoms with Crippen molar-refractivity contribution in [3.05, 3.63) is 11.6 Å². The maximum Gasteiger partial charge on any atom is 0.188 e. The highest BCUT2D eigenvalue weighted by Gasteiger charge is 2.60. The third-order valence-corrected chi connectivity index (χ3v) is 9.39. The molecule has 1 heterocycles. The molecule has 4 aliphatic carbocycles. The van der Waals surface area contributed by atoms with Crippen molar-refractivity contribution in [2.75, 3.05) is 13.2 Å². The van der Waals surface area contributed by atoms with Crippen LogP contribution in [0.3, 0.4) is 0 Å². The van der Waals surface area contributed by atoms with E-state index in [1.165, 1.54) is 38.5 Å². The van der Waals surface area contributed by atoms with Crippen LogP contribution in [0, 0.1) is 34.5 Å². The number of ketones is 1. The van der Waals surface area contributed by atoms with Crippen molar-refractivity contribution in [1.82, 2.24) is 0 Å². The first-order valence-electron chi connectivity index (χ1n) is 10.9. The third-order valence-electron chi connectivity index (χ3n) is 9.39. The summed E-state index contributed by atoms with van der Waals surface area (Å²) in [5.74, 6) is 2.69. The SMILES string of the molecule is CC(=O)[C@H]1CC[C@H]2[C@@H]3CCC4=CC5(CC[C@]4(C)[C@H]3CC[C@]12C)OCCO5. The summed E-state index contributed by atoms with van der Waals surface area (Å²) in [6.07, 6.45) is 12.0. The maximum atomic E-state index is 12.3. The average molecular weight is 359 g/mol. The minimum absolute atomic E-state index is 0.262. The predicted molar refractivity (Wildman–Crippen MR) is 101 cm³/mol. The molecule has 0 bridgehead atoms. The van der Waals surface area contributed by atoms with E-state index >= 15 is 0 Å². The highest BCUT2D eigenvalue weighted by molar-refractivity contribution is 5.79. The lowest BCUT2D eigenvalue weighted by Gasteiger charge is -2.59. The quantitative estimate of drug-likeness (QED) is 0.626. The molecule has 0 radical (unpaired) electrons. The van der Waals surface area contributed by atoms with Crippen LogP contribution in [0.2, 0.25) is 0 Å². The zero-order valence-corrected chi connectivity index (χ0v) is 16.7. The Bertz CT molecular complexity index is 646. The van der Waals surface area contributed by atoms with Crippen LogP contribution in [0.15, 0.2) is 11.6 Å². The van der Waals surface area contributed by atoms with Gasteiger partial charge >= 0.3 is 0 Å². The lowest BCUT2D eigenvalue weighted by atomic mass is 9.46. The second-order valence-electron chi connectivity index (χ2n) is 10.3. The number of hydrogen-bond acceptors (Lipinski definition) is 3. The summed E-state index contributed by atoms with van der Waals surface area (Å²) in [7, 11) is 0. The van der Waals surface area contributed by atoms with Gasteiger partial charge in [0.2, 0.25) is 0 Å². The molecule has 1 spiro atoms. The molecular formula is C23H34O3. The Balaban J connectivity index is 1.45. The first-order valence-corrected chi connectivity index (χ1v) is 10.9. The van der Waals surface area contributed by atoms with Gasteiger partial charge in [0.25, 0.3) is 0 Å². The Labute approximate surface area is 157 Å². The van der Waals surface area contributed by atoms with Crippen LogP contribution in [-0.4, -0.2) is 24.8 Å². The molecule has 0 N–H and O–H groups in total. The number of ether oxygens (including phenoxy) is 2. The molecule has 0 aromatic rings. The maximum absolute atomic E-state index is 12.3. The number of fused-ring (bicyclic) bond motifs is 5. The summed E-state index contributed by atoms with van der Waals surface area (Å²) in [4.78, 5) is 12.3. The summed E-state index contributed by atoms with van der Waals surface area (Å²) >= 11 is 0. The molecule has 3 nitrogen and oxygen atoms in total. The smallest absolute Gasteiger partial charge is 0.188 e. The normalized spacial score (nSPS) is 49.3. The van der Waals surface area contributed by atoms with Crippen LogP contribution >= 0.6 is 0 Å². The summed E-state index contributed by atoms with van der Waals surface area (Å²) in [5, 5.41) is 0. The summed E-state index contributed by atoms with van der Waals surface area (Å²) in [5.41, 5.74) is 2.19. The van der Waals surface area contributed by atoms with Crippen molar-refractivity contribution < 1.29 is 14.3 Å². The summed E-state index contributed by atoms with van der Waals surface area (Å²) < 4.78 is 12.0. The lowest BCUT2D eigenvalue weighted by Crippen LogP contribution is -2.52. The molecule has 4 fully saturated rings. The van der Waals surface area contributed by atoms with Gasteiger partial charge in [-0.25, -0.2) is 0 Å². The minimum Gasteiger partial charge on any atom is -0.344 e. The van der Waals surface area contributed by atoms with E-state index in [9.17, 15) is 4.79 Å². The molecule has 5 rings (SSSR count). The largest absolute Gasteiger partial charge is 0.344 e. The number of rotatable bonds is 1. The fraction of sp³-hybridized carbons (Fsp3) is 0.870. The van der Waals surface area contributed by atoms with Gasteiger partial charge < -0.3 is 9.47 Å². The monoisotopic (exact) mass is 358 g/mol. The average Bonchev–Trinajstić information content (AvgIpc) is 3.20. The molecule has 0 aromatic carbocycles. The van der Waals surface area contributed by atoms with E-state index in [2.05, 4.69) is 19.9 Å². The van der Waals surface area contributed by atoms with E-state index in [1.54, 1.807) is 5.57 Å². The second-order valence-corrected chi connectivity index (χ2v) is 10.3. The van der Waals surface area contributed by atoms with Gasteiger partial charge in [0.05, 0.1) is 13.2 Å². The van der Waals surface area contributed by atoms with Gasteiger partial charge in [-0.3, -0.25) is 4.79 Å². The zero-order valence-electron chi connectivity index (χ0n) is 16.7. The van der Waals surface area contributed by atoms with Gasteiger partial charge in [-0.1, -0.05) is 19.4 Å². The van der Waals surface area contributed by atoms with Crippen molar-refractivity contribution in [3.63, 3.8) is 0 Å². The van der Waals surface area contributed by atoms with E-state index in [1.807, 2.05) is 6.92 Å². The van der Waals surface area contributed by atoms with Crippen LogP contribution < -0.4 is 0 Å². The molecule has 1 aliphatic heterocycles. The number of carbonyl (C=O) groups is 1. The van der Waals surface area contributed by atoms with Crippen LogP contribution in [-0.2, 0) is 14.3 Å². The minimum atomic E-state index is -0.405. The fourth-order valence-corrected chi connectivity index (χ4v) is 8.05. The molecule has 3 saturated carbocycles. The van der Waals surface area contributed by atoms with Crippen molar-refractivity contribution in [2.24, 2.45) is 34.5 Å². The first kappa shape index (κ1) is 17.4. The molecule has 1 saturated heterocycles. The van der Waals surface area contributed by atoms with Crippen molar-refractivity contribution in [3.8, 4) is 0 Å². The van der Waals surface area contributed by atoms with Gasteiger partial charge in [0.15, 0.2) is 5.79 Å². The Kier molecular flexibility index (Phi) is 3.80. The van der Waals surface area contributed by atoms with Crippen molar-refractivity contribution >= 4 is 5.78 Å². The fourth-order valence-electron chi connectivity index (χ4n) is 8.05. The van der Waals surface area contributed by atoms with Crippen LogP contribution in [0.1, 0.15) is 72.1 Å². The van der Waals surface area contributed by atoms with Gasteiger partial charge in [-0.05, 0) is 86.5 Å². The number of carbonyl (C=O) groups excluding carboxylic acids is 1. The first-order chi connectivity index (χ1) is 12.4. The highest BCUT2D eigenvalue weighted by Crippen LogP contribution is 2.67. The van der Waals surface area contributed by atoms with Crippen LogP contribution in [0.4, 0.5) is 0 Å². The Morgan fingerprint density at radius 3 is 2.50 bits per heavy atom. The molecule has 0 amide bonds. The molecule has 0 unspecified atom stereocenters. The van der Waals surface area contributed by atoms with E-state index in [4.69, 9.17) is 9.47 Å². The highest BCUT2D eigenvalue weighted by atomic mass is 16.7. The Morgan fingerprint density at radius 1 is 1.00 bits per heavy atom. The molecule has 144 valence electrons. The Hall–Kier alpha value is -0.670. The molecule has 3 heteroatoms. The van der Waals surface area contributed by atoms with Gasteiger partial charge in [-0.15, -0.1) is 0 Å². The topological polar surface area (TPSA) is 35.5 Å². The lowest BCUT2D eigenvalue weighted by molar-refractivity contribution is -0.145. The number of allylic oxidation sites excluding steroid dienone is 1. The second kappa shape index (κ2) is 5.67. The molecule has 0 aromatic heterocycles. The molecular weight excluding hydrogens is 324 g/mol. The van der Waals surface area contributed by atoms with Crippen LogP contribution in [0.25, 0.3) is 0 Å². The van der Waals surface area contributed by atoms with Crippen molar-refractivity contribution in [2.45, 2.75) is 77.9 Å². The third kappa shape index (κ3) is 2.22.